The van der Waals surface area contributed by atoms with Crippen LogP contribution >= 0.6 is 0 Å². The number of methoxy groups -OCH3 is 1. The van der Waals surface area contributed by atoms with Gasteiger partial charge >= 0.3 is 0 Å². The lowest BCUT2D eigenvalue weighted by atomic mass is 10.2. The lowest BCUT2D eigenvalue weighted by Gasteiger charge is -2.28. The van der Waals surface area contributed by atoms with E-state index < -0.39 is 0 Å². The van der Waals surface area contributed by atoms with Crippen LogP contribution in [0.15, 0.2) is 48.5 Å². The minimum absolute atomic E-state index is 0.133. The van der Waals surface area contributed by atoms with Gasteiger partial charge in [0.15, 0.2) is 0 Å². The van der Waals surface area contributed by atoms with Crippen molar-refractivity contribution in [3.8, 4) is 5.75 Å². The number of hydrogen-bond donors (Lipinski definition) is 1. The Morgan fingerprint density at radius 2 is 1.81 bits per heavy atom. The average Bonchev–Trinajstić information content (AvgIpc) is 3.05. The maximum atomic E-state index is 12.8. The first kappa shape index (κ1) is 17.4. The molecule has 1 aromatic heterocycles. The van der Waals surface area contributed by atoms with Crippen LogP contribution in [0.3, 0.4) is 0 Å². The fourth-order valence-corrected chi connectivity index (χ4v) is 3.44. The van der Waals surface area contributed by atoms with Crippen LogP contribution in [-0.2, 0) is 11.8 Å². The van der Waals surface area contributed by atoms with Gasteiger partial charge in [0, 0.05) is 42.4 Å². The van der Waals surface area contributed by atoms with E-state index in [2.05, 4.69) is 10.2 Å². The number of benzene rings is 2. The van der Waals surface area contributed by atoms with Gasteiger partial charge in [-0.05, 0) is 48.5 Å². The number of rotatable bonds is 4. The summed E-state index contributed by atoms with van der Waals surface area (Å²) in [6.45, 7) is 3.30. The van der Waals surface area contributed by atoms with Crippen molar-refractivity contribution in [1.82, 2.24) is 4.57 Å². The van der Waals surface area contributed by atoms with E-state index in [4.69, 9.17) is 9.47 Å². The normalized spacial score (nSPS) is 14.4. The summed E-state index contributed by atoms with van der Waals surface area (Å²) in [4.78, 5) is 15.0. The fourth-order valence-electron chi connectivity index (χ4n) is 3.44. The number of amides is 1. The molecule has 0 unspecified atom stereocenters. The van der Waals surface area contributed by atoms with Crippen LogP contribution in [0.25, 0.3) is 10.9 Å². The van der Waals surface area contributed by atoms with Gasteiger partial charge in [0.1, 0.15) is 11.4 Å². The van der Waals surface area contributed by atoms with Gasteiger partial charge in [-0.25, -0.2) is 0 Å². The van der Waals surface area contributed by atoms with Gasteiger partial charge in [0.25, 0.3) is 5.91 Å². The largest absolute Gasteiger partial charge is 0.497 e. The van der Waals surface area contributed by atoms with E-state index in [0.29, 0.717) is 5.69 Å². The number of morpholine rings is 1. The number of nitrogens with one attached hydrogen (secondary N) is 1. The highest BCUT2D eigenvalue weighted by Crippen LogP contribution is 2.25. The summed E-state index contributed by atoms with van der Waals surface area (Å²) in [7, 11) is 3.53. The number of aryl methyl sites for hydroxylation is 1. The molecule has 1 saturated heterocycles. The van der Waals surface area contributed by atoms with E-state index >= 15 is 0 Å². The topological polar surface area (TPSA) is 55.7 Å². The quantitative estimate of drug-likeness (QED) is 0.771. The Kier molecular flexibility index (Phi) is 4.73. The molecule has 6 nitrogen and oxygen atoms in total. The fraction of sp³-hybridized carbons (Fsp3) is 0.286. The maximum Gasteiger partial charge on any atom is 0.272 e. The Morgan fingerprint density at radius 1 is 1.07 bits per heavy atom. The highest BCUT2D eigenvalue weighted by Gasteiger charge is 2.15. The summed E-state index contributed by atoms with van der Waals surface area (Å²) in [5.41, 5.74) is 3.52. The monoisotopic (exact) mass is 365 g/mol. The van der Waals surface area contributed by atoms with Gasteiger partial charge in [0.2, 0.25) is 0 Å². The van der Waals surface area contributed by atoms with Gasteiger partial charge in [-0.2, -0.15) is 0 Å². The summed E-state index contributed by atoms with van der Waals surface area (Å²) in [5, 5.41) is 3.96. The van der Waals surface area contributed by atoms with Crippen LogP contribution in [0.5, 0.6) is 5.75 Å². The lowest BCUT2D eigenvalue weighted by molar-refractivity contribution is 0.101. The molecular formula is C21H23N3O3. The lowest BCUT2D eigenvalue weighted by Crippen LogP contribution is -2.36. The van der Waals surface area contributed by atoms with Gasteiger partial charge in [0.05, 0.1) is 20.3 Å². The SMILES string of the molecule is COc1ccc2c(c1)cc(C(=O)Nc1ccc(N3CCOCC3)cc1)n2C. The van der Waals surface area contributed by atoms with Crippen molar-refractivity contribution in [2.45, 2.75) is 0 Å². The Balaban J connectivity index is 1.51. The highest BCUT2D eigenvalue weighted by molar-refractivity contribution is 6.06. The third-order valence-corrected chi connectivity index (χ3v) is 4.98. The molecule has 0 bridgehead atoms. The molecule has 1 amide bonds. The molecule has 27 heavy (non-hydrogen) atoms. The predicted octanol–water partition coefficient (Wildman–Crippen LogP) is 3.28. The van der Waals surface area contributed by atoms with Gasteiger partial charge in [-0.3, -0.25) is 4.79 Å². The minimum Gasteiger partial charge on any atom is -0.497 e. The molecule has 6 heteroatoms. The van der Waals surface area contributed by atoms with Gasteiger partial charge in [-0.15, -0.1) is 0 Å². The summed E-state index contributed by atoms with van der Waals surface area (Å²) in [6.07, 6.45) is 0. The second kappa shape index (κ2) is 7.32. The molecule has 1 aliphatic heterocycles. The van der Waals surface area contributed by atoms with Crippen LogP contribution < -0.4 is 15.0 Å². The van der Waals surface area contributed by atoms with E-state index in [9.17, 15) is 4.79 Å². The van der Waals surface area contributed by atoms with Crippen molar-refractivity contribution in [3.63, 3.8) is 0 Å². The molecule has 3 aromatic rings. The van der Waals surface area contributed by atoms with Crippen LogP contribution in [0.1, 0.15) is 10.5 Å². The molecule has 1 fully saturated rings. The first-order valence-corrected chi connectivity index (χ1v) is 9.03. The zero-order valence-electron chi connectivity index (χ0n) is 15.6. The molecular weight excluding hydrogens is 342 g/mol. The number of carbonyl (C=O) groups is 1. The van der Waals surface area contributed by atoms with Crippen molar-refractivity contribution in [2.24, 2.45) is 7.05 Å². The molecule has 2 heterocycles. The smallest absolute Gasteiger partial charge is 0.272 e. The summed E-state index contributed by atoms with van der Waals surface area (Å²) in [5.74, 6) is 0.644. The Bertz CT molecular complexity index is 957. The van der Waals surface area contributed by atoms with Gasteiger partial charge in [-0.1, -0.05) is 0 Å². The summed E-state index contributed by atoms with van der Waals surface area (Å²) < 4.78 is 12.6. The minimum atomic E-state index is -0.133. The van der Waals surface area contributed by atoms with Gasteiger partial charge < -0.3 is 24.3 Å². The standard InChI is InChI=1S/C21H23N3O3/c1-23-19-8-7-18(26-2)13-15(19)14-20(23)21(25)22-16-3-5-17(6-4-16)24-9-11-27-12-10-24/h3-8,13-14H,9-12H2,1-2H3,(H,22,25). The van der Waals surface area contributed by atoms with Crippen molar-refractivity contribution < 1.29 is 14.3 Å². The molecule has 0 atom stereocenters. The molecule has 1 aliphatic rings. The molecule has 1 N–H and O–H groups in total. The van der Waals surface area contributed by atoms with E-state index in [1.807, 2.05) is 60.1 Å². The number of fused-ring (bicyclic) bond motifs is 1. The van der Waals surface area contributed by atoms with Crippen molar-refractivity contribution in [2.75, 3.05) is 43.6 Å². The molecule has 0 saturated carbocycles. The highest BCUT2D eigenvalue weighted by atomic mass is 16.5. The van der Waals surface area contributed by atoms with E-state index in [-0.39, 0.29) is 5.91 Å². The van der Waals surface area contributed by atoms with Crippen molar-refractivity contribution >= 4 is 28.2 Å². The van der Waals surface area contributed by atoms with Crippen LogP contribution in [0, 0.1) is 0 Å². The number of hydrogen-bond acceptors (Lipinski definition) is 4. The second-order valence-electron chi connectivity index (χ2n) is 6.61. The zero-order valence-corrected chi connectivity index (χ0v) is 15.6. The third-order valence-electron chi connectivity index (χ3n) is 4.98. The molecule has 140 valence electrons. The van der Waals surface area contributed by atoms with Crippen LogP contribution in [0.2, 0.25) is 0 Å². The average molecular weight is 365 g/mol. The maximum absolute atomic E-state index is 12.8. The number of ether oxygens (including phenoxy) is 2. The molecule has 0 radical (unpaired) electrons. The van der Waals surface area contributed by atoms with E-state index in [1.165, 1.54) is 0 Å². The molecule has 2 aromatic carbocycles. The van der Waals surface area contributed by atoms with Crippen LogP contribution in [-0.4, -0.2) is 43.9 Å². The Hall–Kier alpha value is -2.99. The first-order valence-electron chi connectivity index (χ1n) is 9.03. The summed E-state index contributed by atoms with van der Waals surface area (Å²) >= 11 is 0. The molecule has 0 aliphatic carbocycles. The Morgan fingerprint density at radius 3 is 2.52 bits per heavy atom. The number of anilines is 2. The zero-order chi connectivity index (χ0) is 18.8. The number of aromatic nitrogens is 1. The molecule has 4 rings (SSSR count). The van der Waals surface area contributed by atoms with E-state index in [1.54, 1.807) is 7.11 Å². The van der Waals surface area contributed by atoms with E-state index in [0.717, 1.165) is 54.3 Å². The molecule has 0 spiro atoms. The number of nitrogens with zero attached hydrogens (tertiary/aromatic N) is 2. The van der Waals surface area contributed by atoms with Crippen LogP contribution in [0.4, 0.5) is 11.4 Å². The second-order valence-corrected chi connectivity index (χ2v) is 6.61. The third kappa shape index (κ3) is 3.48. The van der Waals surface area contributed by atoms with Crippen molar-refractivity contribution in [3.05, 3.63) is 54.2 Å². The van der Waals surface area contributed by atoms with Crippen molar-refractivity contribution in [1.29, 1.82) is 0 Å². The summed E-state index contributed by atoms with van der Waals surface area (Å²) in [6, 6.07) is 15.6. The number of carbonyl (C=O) groups excluding carboxylic acids is 1. The first-order chi connectivity index (χ1) is 13.2. The Labute approximate surface area is 158 Å². The predicted molar refractivity (Wildman–Crippen MR) is 107 cm³/mol.